The Balaban J connectivity index is 0.000000605. The van der Waals surface area contributed by atoms with Crippen LogP contribution >= 0.6 is 0 Å². The van der Waals surface area contributed by atoms with Crippen molar-refractivity contribution in [2.75, 3.05) is 0 Å². The number of fused-ring (bicyclic) bond motifs is 1. The molecule has 0 unspecified atom stereocenters. The molecule has 2 heterocycles. The second kappa shape index (κ2) is 3.46. The Labute approximate surface area is 90.5 Å². The summed E-state index contributed by atoms with van der Waals surface area (Å²) in [6.45, 7) is 2.03. The quantitative estimate of drug-likeness (QED) is 0.614. The molecular weight excluding hydrogens is 213 g/mol. The molecule has 0 saturated carbocycles. The summed E-state index contributed by atoms with van der Waals surface area (Å²) < 4.78 is 1.87. The van der Waals surface area contributed by atoms with Gasteiger partial charge in [-0.05, 0) is 6.20 Å². The molecule has 1 radical (unpaired) electrons. The first-order valence-electron chi connectivity index (χ1n) is 3.18. The maximum absolute atomic E-state index is 4.11. The van der Waals surface area contributed by atoms with E-state index in [1.807, 2.05) is 29.7 Å². The van der Waals surface area contributed by atoms with E-state index in [1.54, 1.807) is 6.20 Å². The van der Waals surface area contributed by atoms with Crippen LogP contribution in [0.3, 0.4) is 0 Å². The Bertz CT molecular complexity index is 354. The van der Waals surface area contributed by atoms with Gasteiger partial charge in [-0.2, -0.15) is 0 Å². The molecule has 2 aromatic heterocycles. The molecule has 2 rings (SSSR count). The summed E-state index contributed by atoms with van der Waals surface area (Å²) in [5, 5.41) is 0. The van der Waals surface area contributed by atoms with E-state index in [0.29, 0.717) is 0 Å². The van der Waals surface area contributed by atoms with E-state index in [-0.39, 0.29) is 32.7 Å². The second-order valence-corrected chi connectivity index (χ2v) is 2.32. The van der Waals surface area contributed by atoms with Crippen LogP contribution in [-0.4, -0.2) is 9.38 Å². The topological polar surface area (TPSA) is 17.3 Å². The normalized spacial score (nSPS) is 9.55. The SMILES string of the molecule is Cc1c[c-]n2ccnc2c1.[Y]. The van der Waals surface area contributed by atoms with E-state index >= 15 is 0 Å². The van der Waals surface area contributed by atoms with Gasteiger partial charge in [-0.1, -0.05) is 19.3 Å². The van der Waals surface area contributed by atoms with Gasteiger partial charge in [-0.25, -0.2) is 0 Å². The van der Waals surface area contributed by atoms with Gasteiger partial charge in [0.1, 0.15) is 0 Å². The number of nitrogens with zero attached hydrogens (tertiary/aromatic N) is 2. The van der Waals surface area contributed by atoms with E-state index in [0.717, 1.165) is 5.65 Å². The smallest absolute Gasteiger partial charge is 0.0443 e. The molecule has 0 aromatic carbocycles. The first-order valence-corrected chi connectivity index (χ1v) is 3.18. The van der Waals surface area contributed by atoms with E-state index < -0.39 is 0 Å². The van der Waals surface area contributed by atoms with Gasteiger partial charge in [0.15, 0.2) is 0 Å². The number of imidazole rings is 1. The molecule has 0 N–H and O–H groups in total. The maximum Gasteiger partial charge on any atom is 0.0443 e. The summed E-state index contributed by atoms with van der Waals surface area (Å²) in [6.07, 6.45) is 6.71. The molecule has 0 aliphatic carbocycles. The van der Waals surface area contributed by atoms with Crippen molar-refractivity contribution in [1.82, 2.24) is 9.38 Å². The standard InChI is InChI=1S/C8H7N2.Y/c1-7-2-4-10-5-3-9-8(10)6-7;/h2-3,5-6H,1H3;/q-1;. The van der Waals surface area contributed by atoms with Crippen molar-refractivity contribution in [2.24, 2.45) is 0 Å². The number of pyridine rings is 1. The van der Waals surface area contributed by atoms with Gasteiger partial charge in [0, 0.05) is 38.4 Å². The maximum atomic E-state index is 4.11. The van der Waals surface area contributed by atoms with Crippen molar-refractivity contribution >= 4 is 5.65 Å². The number of aromatic nitrogens is 2. The third-order valence-electron chi connectivity index (χ3n) is 1.46. The Kier molecular flexibility index (Phi) is 2.80. The van der Waals surface area contributed by atoms with Crippen molar-refractivity contribution in [3.8, 4) is 0 Å². The van der Waals surface area contributed by atoms with Gasteiger partial charge < -0.3 is 4.40 Å². The Morgan fingerprint density at radius 2 is 2.36 bits per heavy atom. The summed E-state index contributed by atoms with van der Waals surface area (Å²) in [7, 11) is 0. The van der Waals surface area contributed by atoms with Crippen molar-refractivity contribution in [2.45, 2.75) is 6.92 Å². The number of rotatable bonds is 0. The molecule has 0 aliphatic rings. The fourth-order valence-corrected chi connectivity index (χ4v) is 0.948. The van der Waals surface area contributed by atoms with Crippen LogP contribution in [0.5, 0.6) is 0 Å². The Morgan fingerprint density at radius 3 is 3.18 bits per heavy atom. The molecule has 53 valence electrons. The van der Waals surface area contributed by atoms with E-state index in [9.17, 15) is 0 Å². The zero-order valence-corrected chi connectivity index (χ0v) is 9.12. The van der Waals surface area contributed by atoms with Crippen LogP contribution in [0.2, 0.25) is 0 Å². The van der Waals surface area contributed by atoms with Gasteiger partial charge in [0.25, 0.3) is 0 Å². The summed E-state index contributed by atoms with van der Waals surface area (Å²) in [5.41, 5.74) is 2.15. The molecule has 0 aliphatic heterocycles. The first kappa shape index (κ1) is 8.89. The van der Waals surface area contributed by atoms with Crippen LogP contribution in [-0.2, 0) is 32.7 Å². The van der Waals surface area contributed by atoms with Gasteiger partial charge in [0.05, 0.1) is 0 Å². The molecule has 0 bridgehead atoms. The number of aryl methyl sites for hydroxylation is 1. The third-order valence-corrected chi connectivity index (χ3v) is 1.46. The zero-order chi connectivity index (χ0) is 6.97. The Hall–Kier alpha value is -0.206. The molecule has 0 fully saturated rings. The van der Waals surface area contributed by atoms with Crippen molar-refractivity contribution in [3.63, 3.8) is 0 Å². The molecule has 2 aromatic rings. The average molecular weight is 220 g/mol. The van der Waals surface area contributed by atoms with Crippen molar-refractivity contribution < 1.29 is 32.7 Å². The molecule has 2 nitrogen and oxygen atoms in total. The van der Waals surface area contributed by atoms with Crippen LogP contribution in [0.1, 0.15) is 5.56 Å². The predicted octanol–water partition coefficient (Wildman–Crippen LogP) is 1.44. The van der Waals surface area contributed by atoms with Crippen LogP contribution in [0.15, 0.2) is 24.5 Å². The van der Waals surface area contributed by atoms with Crippen molar-refractivity contribution in [3.05, 3.63) is 36.3 Å². The molecular formula is C8H7N2Y-. The van der Waals surface area contributed by atoms with Crippen molar-refractivity contribution in [1.29, 1.82) is 0 Å². The minimum absolute atomic E-state index is 0. The van der Waals surface area contributed by atoms with Gasteiger partial charge >= 0.3 is 0 Å². The van der Waals surface area contributed by atoms with Gasteiger partial charge in [-0.15, -0.1) is 17.7 Å². The third kappa shape index (κ3) is 1.68. The summed E-state index contributed by atoms with van der Waals surface area (Å²) in [5.74, 6) is 0. The second-order valence-electron chi connectivity index (χ2n) is 2.32. The minimum atomic E-state index is 0. The minimum Gasteiger partial charge on any atom is -0.427 e. The molecule has 0 saturated heterocycles. The molecule has 0 spiro atoms. The van der Waals surface area contributed by atoms with E-state index in [4.69, 9.17) is 0 Å². The average Bonchev–Trinajstić information content (AvgIpc) is 2.33. The van der Waals surface area contributed by atoms with Crippen LogP contribution in [0, 0.1) is 13.1 Å². The molecule has 0 atom stereocenters. The fraction of sp³-hybridized carbons (Fsp3) is 0.125. The zero-order valence-electron chi connectivity index (χ0n) is 6.28. The predicted molar refractivity (Wildman–Crippen MR) is 38.8 cm³/mol. The molecule has 3 heteroatoms. The fourth-order valence-electron chi connectivity index (χ4n) is 0.948. The van der Waals surface area contributed by atoms with E-state index in [1.165, 1.54) is 5.56 Å². The largest absolute Gasteiger partial charge is 0.427 e. The van der Waals surface area contributed by atoms with Crippen LogP contribution in [0.4, 0.5) is 0 Å². The summed E-state index contributed by atoms with van der Waals surface area (Å²) in [4.78, 5) is 4.11. The number of hydrogen-bond donors (Lipinski definition) is 0. The Morgan fingerprint density at radius 1 is 1.55 bits per heavy atom. The van der Waals surface area contributed by atoms with Gasteiger partial charge in [0.2, 0.25) is 0 Å². The summed E-state index contributed by atoms with van der Waals surface area (Å²) in [6, 6.07) is 3.96. The van der Waals surface area contributed by atoms with Crippen LogP contribution < -0.4 is 0 Å². The van der Waals surface area contributed by atoms with Crippen LogP contribution in [0.25, 0.3) is 5.65 Å². The summed E-state index contributed by atoms with van der Waals surface area (Å²) >= 11 is 0. The first-order chi connectivity index (χ1) is 4.86. The van der Waals surface area contributed by atoms with Gasteiger partial charge in [-0.3, -0.25) is 4.98 Å². The molecule has 0 amide bonds. The monoisotopic (exact) mass is 220 g/mol. The van der Waals surface area contributed by atoms with E-state index in [2.05, 4.69) is 11.2 Å². The number of hydrogen-bond acceptors (Lipinski definition) is 1. The molecule has 11 heavy (non-hydrogen) atoms.